The van der Waals surface area contributed by atoms with E-state index in [1.807, 2.05) is 0 Å². The van der Waals surface area contributed by atoms with E-state index < -0.39 is 34.6 Å². The monoisotopic (exact) mass is 365 g/mol. The fourth-order valence-corrected chi connectivity index (χ4v) is 2.37. The van der Waals surface area contributed by atoms with Crippen molar-refractivity contribution in [3.05, 3.63) is 55.6 Å². The van der Waals surface area contributed by atoms with Gasteiger partial charge in [-0.25, -0.2) is 13.8 Å². The zero-order valence-electron chi connectivity index (χ0n) is 12.5. The van der Waals surface area contributed by atoms with Crippen LogP contribution in [0.25, 0.3) is 5.69 Å². The summed E-state index contributed by atoms with van der Waals surface area (Å²) < 4.78 is 53.2. The molecule has 24 heavy (non-hydrogen) atoms. The van der Waals surface area contributed by atoms with Crippen LogP contribution in [0.3, 0.4) is 0 Å². The van der Waals surface area contributed by atoms with Gasteiger partial charge < -0.3 is 5.32 Å². The Balaban J connectivity index is 2.80. The van der Waals surface area contributed by atoms with Gasteiger partial charge in [0.05, 0.1) is 16.4 Å². The maximum Gasteiger partial charge on any atom is 0.431 e. The Morgan fingerprint density at radius 2 is 1.83 bits per heavy atom. The van der Waals surface area contributed by atoms with Crippen molar-refractivity contribution in [3.8, 4) is 5.69 Å². The van der Waals surface area contributed by atoms with Crippen molar-refractivity contribution < 1.29 is 17.6 Å². The first-order chi connectivity index (χ1) is 11.1. The molecule has 0 amide bonds. The second-order valence-electron chi connectivity index (χ2n) is 4.86. The number of hydrogen-bond acceptors (Lipinski definition) is 3. The second-order valence-corrected chi connectivity index (χ2v) is 5.26. The summed E-state index contributed by atoms with van der Waals surface area (Å²) in [5.74, 6) is -1.01. The van der Waals surface area contributed by atoms with Gasteiger partial charge in [-0.15, -0.1) is 0 Å². The third-order valence-electron chi connectivity index (χ3n) is 3.26. The number of anilines is 1. The summed E-state index contributed by atoms with van der Waals surface area (Å²) in [5, 5.41) is 2.81. The largest absolute Gasteiger partial charge is 0.431 e. The minimum atomic E-state index is -4.89. The van der Waals surface area contributed by atoms with Gasteiger partial charge in [0, 0.05) is 19.7 Å². The fraction of sp³-hybridized carbons (Fsp3) is 0.286. The van der Waals surface area contributed by atoms with Crippen LogP contribution in [0.1, 0.15) is 12.6 Å². The summed E-state index contributed by atoms with van der Waals surface area (Å²) in [6.45, 7) is 2.16. The van der Waals surface area contributed by atoms with Crippen molar-refractivity contribution in [1.29, 1.82) is 0 Å². The van der Waals surface area contributed by atoms with Gasteiger partial charge in [-0.2, -0.15) is 13.2 Å². The Kier molecular flexibility index (Phi) is 4.75. The molecule has 0 spiro atoms. The molecule has 0 aliphatic rings. The van der Waals surface area contributed by atoms with Gasteiger partial charge in [-0.3, -0.25) is 9.36 Å². The van der Waals surface area contributed by atoms with Crippen molar-refractivity contribution in [2.75, 3.05) is 11.9 Å². The molecule has 0 aliphatic carbocycles. The molecule has 1 aromatic heterocycles. The molecule has 0 bridgehead atoms. The van der Waals surface area contributed by atoms with E-state index in [0.717, 1.165) is 19.2 Å². The van der Waals surface area contributed by atoms with Gasteiger partial charge in [0.25, 0.3) is 5.56 Å². The number of rotatable bonds is 3. The van der Waals surface area contributed by atoms with Crippen LogP contribution in [0.15, 0.2) is 27.8 Å². The summed E-state index contributed by atoms with van der Waals surface area (Å²) in [4.78, 5) is 24.2. The van der Waals surface area contributed by atoms with Crippen molar-refractivity contribution in [1.82, 2.24) is 9.13 Å². The quantitative estimate of drug-likeness (QED) is 0.851. The number of aromatic nitrogens is 2. The number of alkyl halides is 3. The Morgan fingerprint density at radius 1 is 1.21 bits per heavy atom. The number of benzene rings is 1. The van der Waals surface area contributed by atoms with Gasteiger partial charge in [-0.05, 0) is 19.1 Å². The van der Waals surface area contributed by atoms with Crippen LogP contribution in [-0.2, 0) is 13.2 Å². The fourth-order valence-electron chi connectivity index (χ4n) is 2.15. The first-order valence-corrected chi connectivity index (χ1v) is 7.09. The summed E-state index contributed by atoms with van der Waals surface area (Å²) in [7, 11) is 0.847. The number of halogens is 5. The lowest BCUT2D eigenvalue weighted by Crippen LogP contribution is -2.41. The summed E-state index contributed by atoms with van der Waals surface area (Å²) in [5.41, 5.74) is -4.29. The number of nitrogens with zero attached hydrogens (tertiary/aromatic N) is 2. The lowest BCUT2D eigenvalue weighted by molar-refractivity contribution is -0.144. The molecule has 1 aromatic carbocycles. The van der Waals surface area contributed by atoms with Crippen molar-refractivity contribution >= 4 is 17.3 Å². The van der Waals surface area contributed by atoms with Crippen LogP contribution in [0, 0.1) is 5.82 Å². The van der Waals surface area contributed by atoms with E-state index in [4.69, 9.17) is 11.6 Å². The lowest BCUT2D eigenvalue weighted by atomic mass is 10.2. The van der Waals surface area contributed by atoms with Gasteiger partial charge in [-0.1, -0.05) is 11.6 Å². The van der Waals surface area contributed by atoms with E-state index in [0.29, 0.717) is 11.1 Å². The van der Waals surface area contributed by atoms with E-state index in [2.05, 4.69) is 5.32 Å². The summed E-state index contributed by atoms with van der Waals surface area (Å²) >= 11 is 5.84. The molecule has 0 saturated heterocycles. The van der Waals surface area contributed by atoms with Crippen molar-refractivity contribution in [2.45, 2.75) is 13.1 Å². The highest BCUT2D eigenvalue weighted by atomic mass is 35.5. The van der Waals surface area contributed by atoms with Crippen LogP contribution in [0.5, 0.6) is 0 Å². The first kappa shape index (κ1) is 18.1. The molecule has 130 valence electrons. The Labute approximate surface area is 138 Å². The highest BCUT2D eigenvalue weighted by molar-refractivity contribution is 6.33. The van der Waals surface area contributed by atoms with Gasteiger partial charge in [0.2, 0.25) is 0 Å². The Morgan fingerprint density at radius 3 is 2.38 bits per heavy atom. The average Bonchev–Trinajstić information content (AvgIpc) is 2.46. The van der Waals surface area contributed by atoms with E-state index >= 15 is 0 Å². The summed E-state index contributed by atoms with van der Waals surface area (Å²) in [6, 6.07) is 2.21. The van der Waals surface area contributed by atoms with Gasteiger partial charge in [0.15, 0.2) is 0 Å². The average molecular weight is 366 g/mol. The number of hydrogen-bond donors (Lipinski definition) is 1. The van der Waals surface area contributed by atoms with Crippen molar-refractivity contribution in [3.63, 3.8) is 0 Å². The van der Waals surface area contributed by atoms with E-state index in [1.165, 1.54) is 0 Å². The highest BCUT2D eigenvalue weighted by Gasteiger charge is 2.35. The van der Waals surface area contributed by atoms with E-state index in [9.17, 15) is 27.2 Å². The van der Waals surface area contributed by atoms with Crippen LogP contribution in [-0.4, -0.2) is 15.7 Å². The first-order valence-electron chi connectivity index (χ1n) is 6.71. The Bertz CT molecular complexity index is 903. The third-order valence-corrected chi connectivity index (χ3v) is 3.57. The molecule has 0 atom stereocenters. The van der Waals surface area contributed by atoms with Gasteiger partial charge >= 0.3 is 11.9 Å². The predicted molar refractivity (Wildman–Crippen MR) is 81.4 cm³/mol. The standard InChI is InChI=1S/C14H12ClF4N3O2/c1-3-20-9-5-10(8(16)4-7(9)15)22-12(23)6-11(14(17,18)19)21(2)13(22)24/h4-6,20H,3H2,1-2H3. The van der Waals surface area contributed by atoms with Crippen LogP contribution >= 0.6 is 11.6 Å². The Hall–Kier alpha value is -2.29. The zero-order valence-corrected chi connectivity index (χ0v) is 13.3. The number of nitrogens with one attached hydrogen (secondary N) is 1. The molecule has 2 rings (SSSR count). The molecule has 0 saturated carbocycles. The molecular formula is C14H12ClF4N3O2. The van der Waals surface area contributed by atoms with Crippen LogP contribution in [0.2, 0.25) is 5.02 Å². The minimum Gasteiger partial charge on any atom is -0.384 e. The molecule has 1 N–H and O–H groups in total. The molecule has 0 aliphatic heterocycles. The van der Waals surface area contributed by atoms with E-state index in [1.54, 1.807) is 6.92 Å². The zero-order chi connectivity index (χ0) is 18.2. The normalized spacial score (nSPS) is 11.6. The smallest absolute Gasteiger partial charge is 0.384 e. The molecule has 5 nitrogen and oxygen atoms in total. The van der Waals surface area contributed by atoms with Crippen molar-refractivity contribution in [2.24, 2.45) is 7.05 Å². The SMILES string of the molecule is CCNc1cc(-n2c(=O)cc(C(F)(F)F)n(C)c2=O)c(F)cc1Cl. The maximum absolute atomic E-state index is 14.1. The molecule has 2 aromatic rings. The molecule has 0 fully saturated rings. The highest BCUT2D eigenvalue weighted by Crippen LogP contribution is 2.28. The molecule has 1 heterocycles. The summed E-state index contributed by atoms with van der Waals surface area (Å²) in [6.07, 6.45) is -4.89. The molecule has 10 heteroatoms. The third kappa shape index (κ3) is 3.16. The second kappa shape index (κ2) is 6.31. The topological polar surface area (TPSA) is 56.0 Å². The van der Waals surface area contributed by atoms with Crippen LogP contribution in [0.4, 0.5) is 23.2 Å². The lowest BCUT2D eigenvalue weighted by Gasteiger charge is -2.15. The van der Waals surface area contributed by atoms with Gasteiger partial charge in [0.1, 0.15) is 11.5 Å². The molecular weight excluding hydrogens is 354 g/mol. The minimum absolute atomic E-state index is 0.00915. The predicted octanol–water partition coefficient (Wildman–Crippen LogP) is 2.78. The van der Waals surface area contributed by atoms with Crippen LogP contribution < -0.4 is 16.6 Å². The molecule has 0 radical (unpaired) electrons. The maximum atomic E-state index is 14.1. The molecule has 0 unspecified atom stereocenters. The van der Waals surface area contributed by atoms with E-state index in [-0.39, 0.29) is 21.3 Å².